The molecule has 24 heavy (non-hydrogen) atoms. The summed E-state index contributed by atoms with van der Waals surface area (Å²) >= 11 is 0. The fraction of sp³-hybridized carbons (Fsp3) is 0.278. The van der Waals surface area contributed by atoms with Crippen molar-refractivity contribution >= 4 is 22.8 Å². The van der Waals surface area contributed by atoms with Gasteiger partial charge in [-0.2, -0.15) is 0 Å². The van der Waals surface area contributed by atoms with Crippen LogP contribution in [0.2, 0.25) is 0 Å². The van der Waals surface area contributed by atoms with Gasteiger partial charge in [-0.1, -0.05) is 32.0 Å². The molecule has 3 aromatic rings. The van der Waals surface area contributed by atoms with Crippen molar-refractivity contribution in [3.63, 3.8) is 0 Å². The Balaban J connectivity index is 1.77. The third kappa shape index (κ3) is 2.22. The Bertz CT molecular complexity index is 1000. The van der Waals surface area contributed by atoms with Gasteiger partial charge in [0, 0.05) is 12.2 Å². The van der Waals surface area contributed by atoms with Gasteiger partial charge in [0.1, 0.15) is 5.69 Å². The maximum atomic E-state index is 13.0. The molecule has 0 saturated carbocycles. The van der Waals surface area contributed by atoms with Crippen LogP contribution in [0.25, 0.3) is 11.2 Å². The molecule has 6 heteroatoms. The fourth-order valence-electron chi connectivity index (χ4n) is 3.24. The standard InChI is InChI=1S/C18H17N3O3/c1-18(2)9-10-21(13-6-4-3-5-11(13)18)16(22)12-7-8-14-15(19-12)20-17(23)24-14/h3-8H,9-10H2,1-2H3,(H,19,20,23). The molecule has 0 atom stereocenters. The number of rotatable bonds is 1. The number of aromatic amines is 1. The monoisotopic (exact) mass is 323 g/mol. The lowest BCUT2D eigenvalue weighted by Crippen LogP contribution is -2.41. The molecule has 122 valence electrons. The van der Waals surface area contributed by atoms with Gasteiger partial charge >= 0.3 is 5.76 Å². The number of benzene rings is 1. The van der Waals surface area contributed by atoms with E-state index in [4.69, 9.17) is 4.42 Å². The molecule has 3 heterocycles. The minimum atomic E-state index is -0.577. The number of pyridine rings is 1. The predicted molar refractivity (Wildman–Crippen MR) is 90.4 cm³/mol. The van der Waals surface area contributed by atoms with Crippen molar-refractivity contribution < 1.29 is 9.21 Å². The van der Waals surface area contributed by atoms with Crippen LogP contribution in [0.3, 0.4) is 0 Å². The topological polar surface area (TPSA) is 79.2 Å². The summed E-state index contributed by atoms with van der Waals surface area (Å²) in [4.78, 5) is 32.7. The number of hydrogen-bond donors (Lipinski definition) is 1. The number of carbonyl (C=O) groups is 1. The summed E-state index contributed by atoms with van der Waals surface area (Å²) in [5.74, 6) is -0.755. The second-order valence-corrected chi connectivity index (χ2v) is 6.67. The van der Waals surface area contributed by atoms with Gasteiger partial charge in [-0.15, -0.1) is 0 Å². The molecule has 6 nitrogen and oxygen atoms in total. The summed E-state index contributed by atoms with van der Waals surface area (Å²) in [7, 11) is 0. The third-order valence-corrected chi connectivity index (χ3v) is 4.63. The minimum absolute atomic E-state index is 0.0283. The van der Waals surface area contributed by atoms with Gasteiger partial charge in [0.05, 0.1) is 0 Å². The second-order valence-electron chi connectivity index (χ2n) is 6.67. The van der Waals surface area contributed by atoms with Gasteiger partial charge in [0.25, 0.3) is 5.91 Å². The van der Waals surface area contributed by atoms with Crippen LogP contribution in [0.1, 0.15) is 36.3 Å². The van der Waals surface area contributed by atoms with E-state index in [1.165, 1.54) is 0 Å². The molecule has 0 bridgehead atoms. The number of para-hydroxylation sites is 1. The van der Waals surface area contributed by atoms with Crippen LogP contribution in [-0.4, -0.2) is 22.4 Å². The van der Waals surface area contributed by atoms with Gasteiger partial charge in [-0.25, -0.2) is 9.78 Å². The number of nitrogens with zero attached hydrogens (tertiary/aromatic N) is 2. The molecule has 0 aliphatic carbocycles. The highest BCUT2D eigenvalue weighted by Gasteiger charge is 2.34. The van der Waals surface area contributed by atoms with E-state index in [-0.39, 0.29) is 22.7 Å². The molecule has 0 radical (unpaired) electrons. The van der Waals surface area contributed by atoms with Gasteiger partial charge in [-0.3, -0.25) is 9.78 Å². The number of carbonyl (C=O) groups excluding carboxylic acids is 1. The predicted octanol–water partition coefficient (Wildman–Crippen LogP) is 2.84. The average molecular weight is 323 g/mol. The zero-order valence-electron chi connectivity index (χ0n) is 13.5. The quantitative estimate of drug-likeness (QED) is 0.747. The summed E-state index contributed by atoms with van der Waals surface area (Å²) in [5.41, 5.74) is 3.02. The molecule has 1 aromatic carbocycles. The lowest BCUT2D eigenvalue weighted by molar-refractivity contribution is 0.0978. The fourth-order valence-corrected chi connectivity index (χ4v) is 3.24. The Kier molecular flexibility index (Phi) is 3.09. The molecule has 0 unspecified atom stereocenters. The van der Waals surface area contributed by atoms with Crippen molar-refractivity contribution in [3.8, 4) is 0 Å². The van der Waals surface area contributed by atoms with Crippen molar-refractivity contribution in [2.45, 2.75) is 25.7 Å². The largest absolute Gasteiger partial charge is 0.418 e. The van der Waals surface area contributed by atoms with E-state index in [9.17, 15) is 9.59 Å². The van der Waals surface area contributed by atoms with Crippen LogP contribution < -0.4 is 10.7 Å². The minimum Gasteiger partial charge on any atom is -0.406 e. The highest BCUT2D eigenvalue weighted by molar-refractivity contribution is 6.06. The summed E-state index contributed by atoms with van der Waals surface area (Å²) in [6.07, 6.45) is 0.876. The molecule has 0 saturated heterocycles. The molecule has 1 aliphatic rings. The van der Waals surface area contributed by atoms with Crippen molar-refractivity contribution in [1.82, 2.24) is 9.97 Å². The summed E-state index contributed by atoms with van der Waals surface area (Å²) < 4.78 is 4.93. The van der Waals surface area contributed by atoms with E-state index >= 15 is 0 Å². The lowest BCUT2D eigenvalue weighted by Gasteiger charge is -2.38. The molecule has 1 N–H and O–H groups in total. The Morgan fingerprint density at radius 2 is 2.04 bits per heavy atom. The van der Waals surface area contributed by atoms with Crippen molar-refractivity contribution in [3.05, 3.63) is 58.2 Å². The summed E-state index contributed by atoms with van der Waals surface area (Å²) in [5, 5.41) is 0. The lowest BCUT2D eigenvalue weighted by atomic mass is 9.77. The van der Waals surface area contributed by atoms with Crippen LogP contribution in [0.15, 0.2) is 45.6 Å². The number of amides is 1. The first kappa shape index (κ1) is 14.7. The zero-order chi connectivity index (χ0) is 16.9. The number of nitrogens with one attached hydrogen (secondary N) is 1. The van der Waals surface area contributed by atoms with E-state index in [1.807, 2.05) is 18.2 Å². The normalized spacial score (nSPS) is 16.2. The molecule has 1 amide bonds. The highest BCUT2D eigenvalue weighted by Crippen LogP contribution is 2.39. The van der Waals surface area contributed by atoms with Crippen molar-refractivity contribution in [2.75, 3.05) is 11.4 Å². The number of oxazole rings is 1. The van der Waals surface area contributed by atoms with Crippen LogP contribution in [0, 0.1) is 0 Å². The van der Waals surface area contributed by atoms with Crippen LogP contribution >= 0.6 is 0 Å². The van der Waals surface area contributed by atoms with Crippen LogP contribution in [0.4, 0.5) is 5.69 Å². The molecule has 4 rings (SSSR count). The van der Waals surface area contributed by atoms with Crippen LogP contribution in [0.5, 0.6) is 0 Å². The Morgan fingerprint density at radius 3 is 2.88 bits per heavy atom. The average Bonchev–Trinajstić information content (AvgIpc) is 2.93. The molecule has 0 spiro atoms. The highest BCUT2D eigenvalue weighted by atomic mass is 16.4. The summed E-state index contributed by atoms with van der Waals surface area (Å²) in [6, 6.07) is 11.1. The second kappa shape index (κ2) is 5.06. The van der Waals surface area contributed by atoms with E-state index in [2.05, 4.69) is 29.9 Å². The maximum absolute atomic E-state index is 13.0. The van der Waals surface area contributed by atoms with Crippen molar-refractivity contribution in [1.29, 1.82) is 0 Å². The van der Waals surface area contributed by atoms with Crippen LogP contribution in [-0.2, 0) is 5.41 Å². The SMILES string of the molecule is CC1(C)CCN(C(=O)c2ccc3oc(=O)[nH]c3n2)c2ccccc21. The van der Waals surface area contributed by atoms with Gasteiger partial charge in [0.15, 0.2) is 11.2 Å². The number of aromatic nitrogens is 2. The van der Waals surface area contributed by atoms with Gasteiger partial charge in [-0.05, 0) is 35.6 Å². The Labute approximate surface area is 138 Å². The Hall–Kier alpha value is -2.89. The third-order valence-electron chi connectivity index (χ3n) is 4.63. The Morgan fingerprint density at radius 1 is 1.25 bits per heavy atom. The molecule has 2 aromatic heterocycles. The zero-order valence-corrected chi connectivity index (χ0v) is 13.5. The van der Waals surface area contributed by atoms with E-state index < -0.39 is 5.76 Å². The molecule has 1 aliphatic heterocycles. The number of anilines is 1. The number of H-pyrrole nitrogens is 1. The van der Waals surface area contributed by atoms with E-state index in [0.29, 0.717) is 12.1 Å². The van der Waals surface area contributed by atoms with Crippen molar-refractivity contribution in [2.24, 2.45) is 0 Å². The molecule has 0 fully saturated rings. The molecular formula is C18H17N3O3. The van der Waals surface area contributed by atoms with E-state index in [0.717, 1.165) is 17.7 Å². The van der Waals surface area contributed by atoms with Gasteiger partial charge in [0.2, 0.25) is 0 Å². The summed E-state index contributed by atoms with van der Waals surface area (Å²) in [6.45, 7) is 5.01. The number of fused-ring (bicyclic) bond motifs is 2. The maximum Gasteiger partial charge on any atom is 0.418 e. The first-order valence-corrected chi connectivity index (χ1v) is 7.87. The molecular weight excluding hydrogens is 306 g/mol. The first-order valence-electron chi connectivity index (χ1n) is 7.87. The van der Waals surface area contributed by atoms with E-state index in [1.54, 1.807) is 17.0 Å². The number of hydrogen-bond acceptors (Lipinski definition) is 4. The first-order chi connectivity index (χ1) is 11.5. The smallest absolute Gasteiger partial charge is 0.406 e. The van der Waals surface area contributed by atoms with Gasteiger partial charge < -0.3 is 9.32 Å².